The zero-order valence-corrected chi connectivity index (χ0v) is 12.1. The lowest BCUT2D eigenvalue weighted by Gasteiger charge is -2.12. The van der Waals surface area contributed by atoms with E-state index in [0.717, 1.165) is 11.8 Å². The molecule has 0 saturated heterocycles. The first-order chi connectivity index (χ1) is 9.52. The Labute approximate surface area is 121 Å². The number of carbonyl (C=O) groups is 2. The number of amides is 3. The molecule has 0 aromatic heterocycles. The van der Waals surface area contributed by atoms with Crippen molar-refractivity contribution in [3.05, 3.63) is 30.1 Å². The Morgan fingerprint density at radius 2 is 2.10 bits per heavy atom. The predicted molar refractivity (Wildman–Crippen MR) is 75.1 cm³/mol. The molecule has 0 saturated carbocycles. The first-order valence-electron chi connectivity index (χ1n) is 5.99. The summed E-state index contributed by atoms with van der Waals surface area (Å²) in [5, 5.41) is 4.71. The van der Waals surface area contributed by atoms with Crippen LogP contribution in [-0.2, 0) is 9.53 Å². The van der Waals surface area contributed by atoms with Crippen molar-refractivity contribution in [3.63, 3.8) is 0 Å². The van der Waals surface area contributed by atoms with Crippen LogP contribution in [0, 0.1) is 5.82 Å². The number of hydrogen-bond acceptors (Lipinski definition) is 4. The molecule has 0 aliphatic heterocycles. The van der Waals surface area contributed by atoms with Gasteiger partial charge in [-0.25, -0.2) is 9.18 Å². The molecule has 1 atom stereocenters. The molecular weight excluding hydrogens is 283 g/mol. The van der Waals surface area contributed by atoms with E-state index >= 15 is 0 Å². The molecule has 2 N–H and O–H groups in total. The highest BCUT2D eigenvalue weighted by Crippen LogP contribution is 2.20. The molecule has 1 unspecified atom stereocenters. The third-order valence-corrected chi connectivity index (χ3v) is 3.29. The van der Waals surface area contributed by atoms with Gasteiger partial charge in [-0.1, -0.05) is 12.1 Å². The Balaban J connectivity index is 2.33. The molecule has 7 heteroatoms. The molecule has 0 aliphatic carbocycles. The number of urea groups is 1. The monoisotopic (exact) mass is 300 g/mol. The number of nitrogens with one attached hydrogen (secondary N) is 2. The van der Waals surface area contributed by atoms with E-state index in [4.69, 9.17) is 4.74 Å². The summed E-state index contributed by atoms with van der Waals surface area (Å²) in [7, 11) is 1.52. The van der Waals surface area contributed by atoms with E-state index in [1.54, 1.807) is 25.1 Å². The van der Waals surface area contributed by atoms with E-state index in [2.05, 4.69) is 10.6 Å². The van der Waals surface area contributed by atoms with Crippen molar-refractivity contribution in [2.75, 3.05) is 19.5 Å². The number of benzene rings is 1. The van der Waals surface area contributed by atoms with E-state index < -0.39 is 11.9 Å². The summed E-state index contributed by atoms with van der Waals surface area (Å²) in [5.74, 6) is -0.906. The van der Waals surface area contributed by atoms with E-state index in [9.17, 15) is 14.0 Å². The van der Waals surface area contributed by atoms with Gasteiger partial charge in [0.25, 0.3) is 0 Å². The number of ether oxygens (including phenoxy) is 1. The zero-order chi connectivity index (χ0) is 15.0. The molecule has 20 heavy (non-hydrogen) atoms. The van der Waals surface area contributed by atoms with Crippen molar-refractivity contribution in [1.82, 2.24) is 10.6 Å². The highest BCUT2D eigenvalue weighted by Gasteiger charge is 2.11. The predicted octanol–water partition coefficient (Wildman–Crippen LogP) is 1.78. The molecule has 0 radical (unpaired) electrons. The molecule has 0 fully saturated rings. The van der Waals surface area contributed by atoms with Gasteiger partial charge in [-0.2, -0.15) is 0 Å². The van der Waals surface area contributed by atoms with Gasteiger partial charge in [0.2, 0.25) is 5.91 Å². The molecule has 1 aromatic carbocycles. The van der Waals surface area contributed by atoms with Crippen LogP contribution >= 0.6 is 11.8 Å². The maximum atomic E-state index is 13.3. The Kier molecular flexibility index (Phi) is 7.03. The number of imide groups is 1. The number of rotatable bonds is 6. The standard InChI is InChI=1S/C13H17FN2O3S/c1-9(7-19-2)15-13(18)16-12(17)8-20-11-6-4-3-5-10(11)14/h3-6,9H,7-8H2,1-2H3,(H2,15,16,17,18). The minimum Gasteiger partial charge on any atom is -0.383 e. The minimum atomic E-state index is -0.589. The van der Waals surface area contributed by atoms with Gasteiger partial charge in [0.05, 0.1) is 18.4 Å². The maximum Gasteiger partial charge on any atom is 0.321 e. The molecule has 0 spiro atoms. The number of halogens is 1. The third-order valence-electron chi connectivity index (χ3n) is 2.24. The Morgan fingerprint density at radius 1 is 1.40 bits per heavy atom. The SMILES string of the molecule is COCC(C)NC(=O)NC(=O)CSc1ccccc1F. The van der Waals surface area contributed by atoms with Gasteiger partial charge < -0.3 is 10.1 Å². The second kappa shape index (κ2) is 8.55. The van der Waals surface area contributed by atoms with E-state index in [1.165, 1.54) is 13.2 Å². The van der Waals surface area contributed by atoms with Crippen LogP contribution in [0.5, 0.6) is 0 Å². The summed E-state index contributed by atoms with van der Waals surface area (Å²) >= 11 is 1.03. The maximum absolute atomic E-state index is 13.3. The lowest BCUT2D eigenvalue weighted by atomic mass is 10.3. The molecule has 0 heterocycles. The van der Waals surface area contributed by atoms with Gasteiger partial charge in [0.1, 0.15) is 5.82 Å². The molecule has 0 bridgehead atoms. The summed E-state index contributed by atoms with van der Waals surface area (Å²) in [6.45, 7) is 2.10. The van der Waals surface area contributed by atoms with Crippen molar-refractivity contribution in [1.29, 1.82) is 0 Å². The molecule has 1 aromatic rings. The fraction of sp³-hybridized carbons (Fsp3) is 0.385. The quantitative estimate of drug-likeness (QED) is 0.786. The largest absolute Gasteiger partial charge is 0.383 e. The lowest BCUT2D eigenvalue weighted by Crippen LogP contribution is -2.45. The number of carbonyl (C=O) groups excluding carboxylic acids is 2. The first-order valence-corrected chi connectivity index (χ1v) is 6.98. The Bertz CT molecular complexity index is 471. The molecular formula is C13H17FN2O3S. The summed E-state index contributed by atoms with van der Waals surface area (Å²) in [5.41, 5.74) is 0. The number of thioether (sulfide) groups is 1. The molecule has 1 rings (SSSR count). The van der Waals surface area contributed by atoms with Crippen LogP contribution < -0.4 is 10.6 Å². The van der Waals surface area contributed by atoms with Crippen LogP contribution in [0.25, 0.3) is 0 Å². The van der Waals surface area contributed by atoms with Crippen molar-refractivity contribution in [2.24, 2.45) is 0 Å². The third kappa shape index (κ3) is 6.03. The second-order valence-electron chi connectivity index (χ2n) is 4.10. The van der Waals surface area contributed by atoms with Crippen LogP contribution in [0.1, 0.15) is 6.92 Å². The molecule has 0 aliphatic rings. The zero-order valence-electron chi connectivity index (χ0n) is 11.3. The first kappa shape index (κ1) is 16.5. The highest BCUT2D eigenvalue weighted by molar-refractivity contribution is 8.00. The van der Waals surface area contributed by atoms with Gasteiger partial charge in [0.15, 0.2) is 0 Å². The van der Waals surface area contributed by atoms with Crippen LogP contribution in [0.4, 0.5) is 9.18 Å². The summed E-state index contributed by atoms with van der Waals surface area (Å²) in [4.78, 5) is 23.3. The highest BCUT2D eigenvalue weighted by atomic mass is 32.2. The molecule has 3 amide bonds. The van der Waals surface area contributed by atoms with Crippen molar-refractivity contribution < 1.29 is 18.7 Å². The average Bonchev–Trinajstić information content (AvgIpc) is 2.37. The fourth-order valence-corrected chi connectivity index (χ4v) is 2.16. The van der Waals surface area contributed by atoms with Crippen molar-refractivity contribution in [2.45, 2.75) is 17.9 Å². The van der Waals surface area contributed by atoms with E-state index in [0.29, 0.717) is 11.5 Å². The van der Waals surface area contributed by atoms with Crippen LogP contribution in [0.3, 0.4) is 0 Å². The fourth-order valence-electron chi connectivity index (χ4n) is 1.42. The number of methoxy groups -OCH3 is 1. The lowest BCUT2D eigenvalue weighted by molar-refractivity contribution is -0.117. The smallest absolute Gasteiger partial charge is 0.321 e. The van der Waals surface area contributed by atoms with Gasteiger partial charge in [-0.15, -0.1) is 11.8 Å². The van der Waals surface area contributed by atoms with Crippen molar-refractivity contribution in [3.8, 4) is 0 Å². The topological polar surface area (TPSA) is 67.4 Å². The Morgan fingerprint density at radius 3 is 2.75 bits per heavy atom. The summed E-state index contributed by atoms with van der Waals surface area (Å²) in [6.07, 6.45) is 0. The van der Waals surface area contributed by atoms with Gasteiger partial charge in [-0.3, -0.25) is 10.1 Å². The van der Waals surface area contributed by atoms with Gasteiger partial charge in [0, 0.05) is 12.0 Å². The van der Waals surface area contributed by atoms with Crippen LogP contribution in [0.2, 0.25) is 0 Å². The van der Waals surface area contributed by atoms with Crippen molar-refractivity contribution >= 4 is 23.7 Å². The van der Waals surface area contributed by atoms with Crippen LogP contribution in [0.15, 0.2) is 29.2 Å². The molecule has 110 valence electrons. The minimum absolute atomic E-state index is 0.0347. The van der Waals surface area contributed by atoms with Gasteiger partial charge >= 0.3 is 6.03 Å². The summed E-state index contributed by atoms with van der Waals surface area (Å²) in [6, 6.07) is 5.36. The molecule has 5 nitrogen and oxygen atoms in total. The summed E-state index contributed by atoms with van der Waals surface area (Å²) < 4.78 is 18.2. The van der Waals surface area contributed by atoms with E-state index in [-0.39, 0.29) is 17.6 Å². The normalized spacial score (nSPS) is 11.8. The van der Waals surface area contributed by atoms with E-state index in [1.807, 2.05) is 0 Å². The van der Waals surface area contributed by atoms with Gasteiger partial charge in [-0.05, 0) is 19.1 Å². The number of hydrogen-bond donors (Lipinski definition) is 2. The Hall–Kier alpha value is -1.60. The average molecular weight is 300 g/mol. The van der Waals surface area contributed by atoms with Crippen LogP contribution in [-0.4, -0.2) is 37.4 Å². The second-order valence-corrected chi connectivity index (χ2v) is 5.11.